The number of aliphatic hydroxyl groups excluding tert-OH is 1. The van der Waals surface area contributed by atoms with E-state index < -0.39 is 0 Å². The van der Waals surface area contributed by atoms with Crippen LogP contribution in [0.15, 0.2) is 42.5 Å². The van der Waals surface area contributed by atoms with Gasteiger partial charge in [0, 0.05) is 5.56 Å². The van der Waals surface area contributed by atoms with Crippen LogP contribution < -0.4 is 0 Å². The van der Waals surface area contributed by atoms with Gasteiger partial charge in [0.05, 0.1) is 23.2 Å². The normalized spacial score (nSPS) is 10.9. The van der Waals surface area contributed by atoms with Crippen molar-refractivity contribution in [3.05, 3.63) is 63.6 Å². The molecule has 1 aromatic heterocycles. The van der Waals surface area contributed by atoms with Crippen molar-refractivity contribution in [2.24, 2.45) is 0 Å². The second-order valence-corrected chi connectivity index (χ2v) is 5.83. The van der Waals surface area contributed by atoms with Gasteiger partial charge in [-0.05, 0) is 34.9 Å². The first kappa shape index (κ1) is 15.9. The van der Waals surface area contributed by atoms with Crippen molar-refractivity contribution >= 4 is 23.2 Å². The van der Waals surface area contributed by atoms with Gasteiger partial charge in [0.2, 0.25) is 5.82 Å². The molecule has 1 heterocycles. The minimum atomic E-state index is -0.0271. The number of rotatable bonds is 5. The number of hydrogen-bond acceptors (Lipinski definition) is 4. The smallest absolute Gasteiger partial charge is 0.205 e. The summed E-state index contributed by atoms with van der Waals surface area (Å²) in [4.78, 5) is 1.38. The molecule has 0 fully saturated rings. The summed E-state index contributed by atoms with van der Waals surface area (Å²) in [5.41, 5.74) is 3.02. The van der Waals surface area contributed by atoms with Gasteiger partial charge in [-0.2, -0.15) is 4.80 Å². The Morgan fingerprint density at radius 2 is 1.87 bits per heavy atom. The lowest BCUT2D eigenvalue weighted by Gasteiger charge is -2.07. The van der Waals surface area contributed by atoms with E-state index in [9.17, 15) is 0 Å². The van der Waals surface area contributed by atoms with Crippen molar-refractivity contribution in [3.8, 4) is 11.4 Å². The zero-order valence-electron chi connectivity index (χ0n) is 12.2. The quantitative estimate of drug-likeness (QED) is 0.768. The van der Waals surface area contributed by atoms with E-state index in [0.717, 1.165) is 16.7 Å². The second kappa shape index (κ2) is 7.08. The highest BCUT2D eigenvalue weighted by atomic mass is 35.5. The van der Waals surface area contributed by atoms with Crippen LogP contribution in [0.2, 0.25) is 10.0 Å². The summed E-state index contributed by atoms with van der Waals surface area (Å²) in [7, 11) is 0. The largest absolute Gasteiger partial charge is 0.394 e. The highest BCUT2D eigenvalue weighted by Crippen LogP contribution is 2.26. The minimum absolute atomic E-state index is 0.0271. The Balaban J connectivity index is 1.92. The van der Waals surface area contributed by atoms with E-state index in [0.29, 0.717) is 28.8 Å². The first-order valence-corrected chi connectivity index (χ1v) is 7.84. The van der Waals surface area contributed by atoms with E-state index in [1.807, 2.05) is 36.4 Å². The third-order valence-electron chi connectivity index (χ3n) is 3.39. The first-order chi connectivity index (χ1) is 11.2. The third kappa shape index (κ3) is 3.69. The molecule has 0 saturated carbocycles. The van der Waals surface area contributed by atoms with Crippen LogP contribution in [0, 0.1) is 0 Å². The van der Waals surface area contributed by atoms with Crippen LogP contribution in [0.5, 0.6) is 0 Å². The van der Waals surface area contributed by atoms with E-state index in [2.05, 4.69) is 15.4 Å². The van der Waals surface area contributed by atoms with E-state index in [1.165, 1.54) is 4.80 Å². The molecule has 1 N–H and O–H groups in total. The molecule has 0 unspecified atom stereocenters. The molecule has 0 atom stereocenters. The Kier molecular flexibility index (Phi) is 4.91. The Bertz CT molecular complexity index is 819. The van der Waals surface area contributed by atoms with Crippen LogP contribution >= 0.6 is 23.2 Å². The summed E-state index contributed by atoms with van der Waals surface area (Å²) in [6, 6.07) is 13.5. The van der Waals surface area contributed by atoms with Gasteiger partial charge in [0.25, 0.3) is 0 Å². The average molecular weight is 349 g/mol. The van der Waals surface area contributed by atoms with E-state index in [-0.39, 0.29) is 6.61 Å². The molecule has 7 heteroatoms. The van der Waals surface area contributed by atoms with Crippen molar-refractivity contribution in [1.82, 2.24) is 20.2 Å². The highest BCUT2D eigenvalue weighted by Gasteiger charge is 2.11. The average Bonchev–Trinajstić information content (AvgIpc) is 3.00. The lowest BCUT2D eigenvalue weighted by atomic mass is 9.99. The van der Waals surface area contributed by atoms with Crippen molar-refractivity contribution in [2.75, 3.05) is 6.61 Å². The molecule has 118 valence electrons. The van der Waals surface area contributed by atoms with Gasteiger partial charge in [0.15, 0.2) is 0 Å². The molecular formula is C16H14Cl2N4O. The summed E-state index contributed by atoms with van der Waals surface area (Å²) in [6.07, 6.45) is 0.682. The molecule has 0 saturated heterocycles. The molecule has 0 radical (unpaired) electrons. The SMILES string of the molecule is OCCn1nnc(-c2ccccc2Cc2ccc(Cl)c(Cl)c2)n1. The standard InChI is InChI=1S/C16H14Cl2N4O/c17-14-6-5-11(10-15(14)18)9-12-3-1-2-4-13(12)16-19-21-22(20-16)7-8-23/h1-6,10,23H,7-9H2. The predicted octanol–water partition coefficient (Wildman–Crippen LogP) is 3.23. The maximum atomic E-state index is 8.95. The van der Waals surface area contributed by atoms with Crippen LogP contribution in [0.3, 0.4) is 0 Å². The number of aliphatic hydroxyl groups is 1. The minimum Gasteiger partial charge on any atom is -0.394 e. The Morgan fingerprint density at radius 1 is 1.04 bits per heavy atom. The lowest BCUT2D eigenvalue weighted by molar-refractivity contribution is 0.259. The molecule has 3 rings (SSSR count). The zero-order chi connectivity index (χ0) is 16.2. The maximum absolute atomic E-state index is 8.95. The van der Waals surface area contributed by atoms with Crippen molar-refractivity contribution < 1.29 is 5.11 Å². The molecule has 5 nitrogen and oxygen atoms in total. The fourth-order valence-electron chi connectivity index (χ4n) is 2.30. The fraction of sp³-hybridized carbons (Fsp3) is 0.188. The van der Waals surface area contributed by atoms with Crippen LogP contribution in [0.1, 0.15) is 11.1 Å². The molecule has 0 aliphatic heterocycles. The molecule has 2 aromatic carbocycles. The lowest BCUT2D eigenvalue weighted by Crippen LogP contribution is -2.05. The number of nitrogens with zero attached hydrogens (tertiary/aromatic N) is 4. The van der Waals surface area contributed by atoms with E-state index >= 15 is 0 Å². The molecular weight excluding hydrogens is 335 g/mol. The summed E-state index contributed by atoms with van der Waals surface area (Å²) >= 11 is 12.0. The Labute approximate surface area is 143 Å². The molecule has 0 bridgehead atoms. The molecule has 23 heavy (non-hydrogen) atoms. The van der Waals surface area contributed by atoms with Gasteiger partial charge in [-0.1, -0.05) is 53.5 Å². The second-order valence-electron chi connectivity index (χ2n) is 5.01. The first-order valence-electron chi connectivity index (χ1n) is 7.08. The van der Waals surface area contributed by atoms with Crippen LogP contribution in [0.4, 0.5) is 0 Å². The van der Waals surface area contributed by atoms with Gasteiger partial charge in [-0.3, -0.25) is 0 Å². The Morgan fingerprint density at radius 3 is 2.65 bits per heavy atom. The van der Waals surface area contributed by atoms with Gasteiger partial charge in [-0.25, -0.2) is 0 Å². The van der Waals surface area contributed by atoms with Crippen molar-refractivity contribution in [1.29, 1.82) is 0 Å². The zero-order valence-corrected chi connectivity index (χ0v) is 13.7. The number of halogens is 2. The van der Waals surface area contributed by atoms with Crippen LogP contribution in [-0.4, -0.2) is 31.9 Å². The van der Waals surface area contributed by atoms with Crippen LogP contribution in [-0.2, 0) is 13.0 Å². The van der Waals surface area contributed by atoms with E-state index in [4.69, 9.17) is 28.3 Å². The third-order valence-corrected chi connectivity index (χ3v) is 4.13. The fourth-order valence-corrected chi connectivity index (χ4v) is 2.62. The van der Waals surface area contributed by atoms with Crippen LogP contribution in [0.25, 0.3) is 11.4 Å². The maximum Gasteiger partial charge on any atom is 0.205 e. The number of tetrazole rings is 1. The molecule has 0 spiro atoms. The summed E-state index contributed by atoms with van der Waals surface area (Å²) in [5, 5.41) is 22.3. The van der Waals surface area contributed by atoms with E-state index in [1.54, 1.807) is 6.07 Å². The van der Waals surface area contributed by atoms with Crippen molar-refractivity contribution in [2.45, 2.75) is 13.0 Å². The van der Waals surface area contributed by atoms with Gasteiger partial charge in [-0.15, -0.1) is 10.2 Å². The summed E-state index contributed by atoms with van der Waals surface area (Å²) in [5.74, 6) is 0.536. The molecule has 0 amide bonds. The number of aromatic nitrogens is 4. The molecule has 0 aliphatic carbocycles. The van der Waals surface area contributed by atoms with Gasteiger partial charge < -0.3 is 5.11 Å². The predicted molar refractivity (Wildman–Crippen MR) is 89.6 cm³/mol. The van der Waals surface area contributed by atoms with Crippen molar-refractivity contribution in [3.63, 3.8) is 0 Å². The van der Waals surface area contributed by atoms with Gasteiger partial charge >= 0.3 is 0 Å². The topological polar surface area (TPSA) is 63.8 Å². The summed E-state index contributed by atoms with van der Waals surface area (Å²) < 4.78 is 0. The molecule has 3 aromatic rings. The summed E-state index contributed by atoms with van der Waals surface area (Å²) in [6.45, 7) is 0.294. The van der Waals surface area contributed by atoms with Gasteiger partial charge in [0.1, 0.15) is 0 Å². The molecule has 0 aliphatic rings. The highest BCUT2D eigenvalue weighted by molar-refractivity contribution is 6.42. The monoisotopic (exact) mass is 348 g/mol. The Hall–Kier alpha value is -1.95. The number of hydrogen-bond donors (Lipinski definition) is 1. The number of benzene rings is 2.